The molecule has 3 aromatic rings. The summed E-state index contributed by atoms with van der Waals surface area (Å²) in [7, 11) is 1.63. The molecule has 3 rings (SSSR count). The number of para-hydroxylation sites is 2. The summed E-state index contributed by atoms with van der Waals surface area (Å²) in [5.74, 6) is 0.811. The third kappa shape index (κ3) is 3.23. The van der Waals surface area contributed by atoms with Crippen molar-refractivity contribution in [2.24, 2.45) is 0 Å². The molecule has 0 unspecified atom stereocenters. The van der Waals surface area contributed by atoms with Crippen molar-refractivity contribution in [3.05, 3.63) is 74.9 Å². The minimum absolute atomic E-state index is 0.270. The monoisotopic (exact) mass is 325 g/mol. The molecule has 0 spiro atoms. The molecule has 6 nitrogen and oxygen atoms in total. The lowest BCUT2D eigenvalue weighted by Crippen LogP contribution is -2.37. The van der Waals surface area contributed by atoms with Gasteiger partial charge in [-0.05, 0) is 18.2 Å². The molecule has 124 valence electrons. The molecule has 0 bridgehead atoms. The predicted octanol–water partition coefficient (Wildman–Crippen LogP) is 1.49. The summed E-state index contributed by atoms with van der Waals surface area (Å²) in [5.41, 5.74) is 0.928. The van der Waals surface area contributed by atoms with Gasteiger partial charge in [-0.2, -0.15) is 0 Å². The zero-order valence-electron chi connectivity index (χ0n) is 13.4. The van der Waals surface area contributed by atoms with Crippen molar-refractivity contribution in [3.63, 3.8) is 0 Å². The normalized spacial score (nSPS) is 10.9. The number of benzene rings is 2. The Morgan fingerprint density at radius 2 is 1.83 bits per heavy atom. The largest absolute Gasteiger partial charge is 0.496 e. The Kier molecular flexibility index (Phi) is 4.77. The maximum atomic E-state index is 12.4. The summed E-state index contributed by atoms with van der Waals surface area (Å²) >= 11 is 0. The maximum Gasteiger partial charge on any atom is 0.328 e. The maximum absolute atomic E-state index is 12.4. The molecule has 2 aromatic carbocycles. The highest BCUT2D eigenvalue weighted by atomic mass is 16.5. The lowest BCUT2D eigenvalue weighted by atomic mass is 10.2. The molecule has 0 fully saturated rings. The van der Waals surface area contributed by atoms with E-state index in [0.717, 1.165) is 11.3 Å². The lowest BCUT2D eigenvalue weighted by molar-refractivity contribution is 0.407. The summed E-state index contributed by atoms with van der Waals surface area (Å²) in [6, 6.07) is 14.7. The van der Waals surface area contributed by atoms with E-state index in [-0.39, 0.29) is 5.56 Å². The van der Waals surface area contributed by atoms with Crippen LogP contribution in [0.15, 0.2) is 58.1 Å². The smallest absolute Gasteiger partial charge is 0.328 e. The summed E-state index contributed by atoms with van der Waals surface area (Å²) < 4.78 is 6.52. The molecule has 1 heterocycles. The Bertz CT molecular complexity index is 959. The van der Waals surface area contributed by atoms with Gasteiger partial charge in [0.15, 0.2) is 0 Å². The standard InChI is InChI=1S/C18H19N3O3/c1-24-16-9-5-2-6-13(16)12-19-10-11-21-17(22)14-7-3-4-8-15(14)20-18(21)23/h2-9,19H,10-12H2,1H3,(H,20,23). The Labute approximate surface area is 138 Å². The number of hydrogen-bond donors (Lipinski definition) is 2. The first-order valence-electron chi connectivity index (χ1n) is 7.75. The fourth-order valence-electron chi connectivity index (χ4n) is 2.66. The number of rotatable bonds is 6. The second-order valence-electron chi connectivity index (χ2n) is 5.42. The SMILES string of the molecule is COc1ccccc1CNCCn1c(=O)[nH]c2ccccc2c1=O. The van der Waals surface area contributed by atoms with Gasteiger partial charge in [-0.1, -0.05) is 30.3 Å². The molecule has 0 amide bonds. The van der Waals surface area contributed by atoms with E-state index in [1.165, 1.54) is 4.57 Å². The van der Waals surface area contributed by atoms with Gasteiger partial charge < -0.3 is 15.0 Å². The first-order chi connectivity index (χ1) is 11.7. The molecule has 0 saturated heterocycles. The zero-order valence-corrected chi connectivity index (χ0v) is 13.4. The highest BCUT2D eigenvalue weighted by Gasteiger charge is 2.07. The van der Waals surface area contributed by atoms with E-state index in [1.807, 2.05) is 24.3 Å². The van der Waals surface area contributed by atoms with Crippen molar-refractivity contribution >= 4 is 10.9 Å². The van der Waals surface area contributed by atoms with E-state index < -0.39 is 5.69 Å². The fourth-order valence-corrected chi connectivity index (χ4v) is 2.66. The van der Waals surface area contributed by atoms with Crippen molar-refractivity contribution in [1.82, 2.24) is 14.9 Å². The van der Waals surface area contributed by atoms with Crippen LogP contribution in [-0.4, -0.2) is 23.2 Å². The molecular formula is C18H19N3O3. The molecule has 1 aromatic heterocycles. The number of nitrogens with one attached hydrogen (secondary N) is 2. The number of nitrogens with zero attached hydrogens (tertiary/aromatic N) is 1. The van der Waals surface area contributed by atoms with Crippen LogP contribution < -0.4 is 21.3 Å². The number of fused-ring (bicyclic) bond motifs is 1. The summed E-state index contributed by atoms with van der Waals surface area (Å²) in [6.07, 6.45) is 0. The molecule has 0 aliphatic rings. The topological polar surface area (TPSA) is 76.1 Å². The van der Waals surface area contributed by atoms with Gasteiger partial charge in [-0.3, -0.25) is 9.36 Å². The number of ether oxygens (including phenoxy) is 1. The van der Waals surface area contributed by atoms with Crippen LogP contribution in [-0.2, 0) is 13.1 Å². The molecule has 0 saturated carbocycles. The molecule has 0 radical (unpaired) electrons. The van der Waals surface area contributed by atoms with Crippen molar-refractivity contribution in [1.29, 1.82) is 0 Å². The fraction of sp³-hybridized carbons (Fsp3) is 0.222. The number of methoxy groups -OCH3 is 1. The van der Waals surface area contributed by atoms with Crippen LogP contribution in [0, 0.1) is 0 Å². The van der Waals surface area contributed by atoms with Gasteiger partial charge in [0.1, 0.15) is 5.75 Å². The first kappa shape index (κ1) is 16.0. The van der Waals surface area contributed by atoms with Gasteiger partial charge in [0, 0.05) is 25.2 Å². The second kappa shape index (κ2) is 7.14. The van der Waals surface area contributed by atoms with Crippen molar-refractivity contribution in [3.8, 4) is 5.75 Å². The summed E-state index contributed by atoms with van der Waals surface area (Å²) in [5, 5.41) is 3.75. The lowest BCUT2D eigenvalue weighted by Gasteiger charge is -2.10. The van der Waals surface area contributed by atoms with Crippen molar-refractivity contribution in [2.75, 3.05) is 13.7 Å². The minimum Gasteiger partial charge on any atom is -0.496 e. The molecule has 24 heavy (non-hydrogen) atoms. The molecule has 0 aliphatic heterocycles. The average Bonchev–Trinajstić information content (AvgIpc) is 2.61. The Morgan fingerprint density at radius 3 is 2.67 bits per heavy atom. The Morgan fingerprint density at radius 1 is 1.08 bits per heavy atom. The van der Waals surface area contributed by atoms with Gasteiger partial charge in [-0.25, -0.2) is 4.79 Å². The molecule has 0 aliphatic carbocycles. The van der Waals surface area contributed by atoms with Gasteiger partial charge >= 0.3 is 5.69 Å². The van der Waals surface area contributed by atoms with Crippen LogP contribution in [0.4, 0.5) is 0 Å². The summed E-state index contributed by atoms with van der Waals surface area (Å²) in [6.45, 7) is 1.40. The highest BCUT2D eigenvalue weighted by molar-refractivity contribution is 5.76. The quantitative estimate of drug-likeness (QED) is 0.673. The van der Waals surface area contributed by atoms with Crippen molar-refractivity contribution < 1.29 is 4.74 Å². The number of aromatic nitrogens is 2. The van der Waals surface area contributed by atoms with E-state index in [1.54, 1.807) is 31.4 Å². The molecular weight excluding hydrogens is 306 g/mol. The number of H-pyrrole nitrogens is 1. The first-order valence-corrected chi connectivity index (χ1v) is 7.75. The highest BCUT2D eigenvalue weighted by Crippen LogP contribution is 2.16. The third-order valence-corrected chi connectivity index (χ3v) is 3.91. The van der Waals surface area contributed by atoms with E-state index in [0.29, 0.717) is 30.5 Å². The zero-order chi connectivity index (χ0) is 16.9. The van der Waals surface area contributed by atoms with Gasteiger partial charge in [-0.15, -0.1) is 0 Å². The molecule has 2 N–H and O–H groups in total. The van der Waals surface area contributed by atoms with Crippen LogP contribution in [0.25, 0.3) is 10.9 Å². The van der Waals surface area contributed by atoms with E-state index in [9.17, 15) is 9.59 Å². The van der Waals surface area contributed by atoms with Crippen molar-refractivity contribution in [2.45, 2.75) is 13.1 Å². The average molecular weight is 325 g/mol. The predicted molar refractivity (Wildman–Crippen MR) is 93.5 cm³/mol. The van der Waals surface area contributed by atoms with Crippen LogP contribution in [0.2, 0.25) is 0 Å². The van der Waals surface area contributed by atoms with Crippen LogP contribution in [0.3, 0.4) is 0 Å². The van der Waals surface area contributed by atoms with E-state index in [4.69, 9.17) is 4.74 Å². The number of hydrogen-bond acceptors (Lipinski definition) is 4. The van der Waals surface area contributed by atoms with Crippen LogP contribution in [0.1, 0.15) is 5.56 Å². The van der Waals surface area contributed by atoms with Gasteiger partial charge in [0.25, 0.3) is 5.56 Å². The number of aromatic amines is 1. The Hall–Kier alpha value is -2.86. The van der Waals surface area contributed by atoms with Gasteiger partial charge in [0.2, 0.25) is 0 Å². The minimum atomic E-state index is -0.391. The third-order valence-electron chi connectivity index (χ3n) is 3.91. The van der Waals surface area contributed by atoms with Gasteiger partial charge in [0.05, 0.1) is 18.0 Å². The molecule has 6 heteroatoms. The van der Waals surface area contributed by atoms with Crippen LogP contribution >= 0.6 is 0 Å². The molecule has 0 atom stereocenters. The van der Waals surface area contributed by atoms with Crippen LogP contribution in [0.5, 0.6) is 5.75 Å². The Balaban J connectivity index is 1.70. The van der Waals surface area contributed by atoms with E-state index >= 15 is 0 Å². The summed E-state index contributed by atoms with van der Waals surface area (Å²) in [4.78, 5) is 27.2. The second-order valence-corrected chi connectivity index (χ2v) is 5.42. The van der Waals surface area contributed by atoms with E-state index in [2.05, 4.69) is 10.3 Å².